The molecule has 4 aliphatic rings. The molecule has 7 nitrogen and oxygen atoms in total. The molecular formula is C17H26ClN7. The maximum Gasteiger partial charge on any atom is 0.227 e. The molecule has 1 saturated carbocycles. The number of piperazine rings is 1. The molecule has 0 amide bonds. The quantitative estimate of drug-likeness (QED) is 0.641. The van der Waals surface area contributed by atoms with Crippen LogP contribution in [-0.4, -0.2) is 53.8 Å². The maximum atomic E-state index is 6.41. The van der Waals surface area contributed by atoms with Crippen LogP contribution in [0.4, 0.5) is 11.8 Å². The molecule has 0 spiro atoms. The molecule has 1 aliphatic carbocycles. The highest BCUT2D eigenvalue weighted by atomic mass is 35.5. The number of hydrogen-bond donors (Lipinski definition) is 4. The number of aromatic nitrogens is 2. The van der Waals surface area contributed by atoms with Crippen LogP contribution in [0.5, 0.6) is 0 Å². The van der Waals surface area contributed by atoms with Crippen molar-refractivity contribution in [3.05, 3.63) is 11.2 Å². The summed E-state index contributed by atoms with van der Waals surface area (Å²) in [5.74, 6) is 2.32. The van der Waals surface area contributed by atoms with Crippen molar-refractivity contribution in [1.82, 2.24) is 26.1 Å². The van der Waals surface area contributed by atoms with E-state index < -0.39 is 0 Å². The number of nitrogens with one attached hydrogen (secondary N) is 4. The van der Waals surface area contributed by atoms with Crippen LogP contribution in [0.1, 0.15) is 32.1 Å². The maximum absolute atomic E-state index is 6.41. The summed E-state index contributed by atoms with van der Waals surface area (Å²) in [4.78, 5) is 11.8. The van der Waals surface area contributed by atoms with Gasteiger partial charge in [-0.05, 0) is 38.0 Å². The third-order valence-corrected chi connectivity index (χ3v) is 6.59. The summed E-state index contributed by atoms with van der Waals surface area (Å²) < 4.78 is 0. The number of anilines is 2. The Hall–Kier alpha value is -1.15. The second kappa shape index (κ2) is 6.54. The van der Waals surface area contributed by atoms with Gasteiger partial charge in [0.15, 0.2) is 5.82 Å². The molecule has 3 aliphatic heterocycles. The molecule has 5 rings (SSSR count). The van der Waals surface area contributed by atoms with E-state index in [9.17, 15) is 0 Å². The van der Waals surface area contributed by atoms with Crippen molar-refractivity contribution in [3.8, 4) is 0 Å². The average molecular weight is 364 g/mol. The van der Waals surface area contributed by atoms with Gasteiger partial charge in [0, 0.05) is 43.8 Å². The molecule has 8 heteroatoms. The van der Waals surface area contributed by atoms with Crippen molar-refractivity contribution < 1.29 is 0 Å². The van der Waals surface area contributed by atoms with Gasteiger partial charge in [-0.1, -0.05) is 11.6 Å². The van der Waals surface area contributed by atoms with Crippen LogP contribution in [0, 0.1) is 5.92 Å². The lowest BCUT2D eigenvalue weighted by molar-refractivity contribution is 0.314. The lowest BCUT2D eigenvalue weighted by Crippen LogP contribution is -2.52. The fourth-order valence-corrected chi connectivity index (χ4v) is 5.16. The second-order valence-electron chi connectivity index (χ2n) is 7.86. The molecule has 25 heavy (non-hydrogen) atoms. The highest BCUT2D eigenvalue weighted by molar-refractivity contribution is 6.32. The number of fused-ring (bicyclic) bond motifs is 3. The highest BCUT2D eigenvalue weighted by Crippen LogP contribution is 2.33. The van der Waals surface area contributed by atoms with Crippen LogP contribution >= 0.6 is 11.6 Å². The molecule has 4 fully saturated rings. The third-order valence-electron chi connectivity index (χ3n) is 6.32. The number of hydrogen-bond acceptors (Lipinski definition) is 7. The van der Waals surface area contributed by atoms with E-state index in [0.29, 0.717) is 35.1 Å². The van der Waals surface area contributed by atoms with E-state index in [1.54, 1.807) is 6.20 Å². The molecule has 0 aromatic carbocycles. The second-order valence-corrected chi connectivity index (χ2v) is 8.27. The van der Waals surface area contributed by atoms with Crippen molar-refractivity contribution in [3.63, 3.8) is 0 Å². The lowest BCUT2D eigenvalue weighted by atomic mass is 9.83. The summed E-state index contributed by atoms with van der Waals surface area (Å²) in [6, 6.07) is 2.08. The van der Waals surface area contributed by atoms with Gasteiger partial charge in [0.05, 0.1) is 6.20 Å². The first-order chi connectivity index (χ1) is 12.3. The minimum absolute atomic E-state index is 0.433. The number of halogens is 1. The molecule has 136 valence electrons. The lowest BCUT2D eigenvalue weighted by Gasteiger charge is -2.36. The molecule has 5 atom stereocenters. The third kappa shape index (κ3) is 2.97. The average Bonchev–Trinajstić information content (AvgIpc) is 3.18. The Labute approximate surface area is 153 Å². The molecule has 2 bridgehead atoms. The first-order valence-corrected chi connectivity index (χ1v) is 9.92. The van der Waals surface area contributed by atoms with Gasteiger partial charge in [-0.15, -0.1) is 0 Å². The zero-order valence-electron chi connectivity index (χ0n) is 14.3. The van der Waals surface area contributed by atoms with E-state index in [-0.39, 0.29) is 0 Å². The van der Waals surface area contributed by atoms with Gasteiger partial charge >= 0.3 is 0 Å². The fourth-order valence-electron chi connectivity index (χ4n) is 5.01. The molecule has 1 aromatic rings. The van der Waals surface area contributed by atoms with Crippen LogP contribution in [-0.2, 0) is 0 Å². The first kappa shape index (κ1) is 16.1. The van der Waals surface area contributed by atoms with Crippen LogP contribution in [0.2, 0.25) is 5.02 Å². The Kier molecular flexibility index (Phi) is 4.20. The van der Waals surface area contributed by atoms with Gasteiger partial charge in [-0.3, -0.25) is 10.9 Å². The van der Waals surface area contributed by atoms with E-state index in [4.69, 9.17) is 16.6 Å². The van der Waals surface area contributed by atoms with Gasteiger partial charge in [0.1, 0.15) is 5.02 Å². The Bertz CT molecular complexity index is 625. The van der Waals surface area contributed by atoms with Crippen molar-refractivity contribution in [2.45, 2.75) is 56.3 Å². The van der Waals surface area contributed by atoms with Gasteiger partial charge in [0.25, 0.3) is 0 Å². The summed E-state index contributed by atoms with van der Waals surface area (Å²) >= 11 is 6.41. The SMILES string of the molecule is Clc1cnc(N2C3CCC2CNC3)nc1NC1CCC2NNCC2C1. The van der Waals surface area contributed by atoms with Crippen molar-refractivity contribution >= 4 is 23.4 Å². The van der Waals surface area contributed by atoms with E-state index >= 15 is 0 Å². The van der Waals surface area contributed by atoms with Gasteiger partial charge in [-0.25, -0.2) is 4.98 Å². The Morgan fingerprint density at radius 2 is 1.96 bits per heavy atom. The normalized spacial score (nSPS) is 37.2. The standard InChI is InChI=1S/C17H26ClN7/c18-14-9-20-17(25-12-2-3-13(25)8-19-7-12)23-16(14)22-11-1-4-15-10(5-11)6-21-24-15/h9-13,15,19,21,24H,1-8H2,(H,20,22,23). The van der Waals surface area contributed by atoms with Crippen LogP contribution in [0.25, 0.3) is 0 Å². The van der Waals surface area contributed by atoms with Crippen molar-refractivity contribution in [2.75, 3.05) is 29.9 Å². The number of hydrazine groups is 1. The summed E-state index contributed by atoms with van der Waals surface area (Å²) in [5.41, 5.74) is 6.67. The minimum Gasteiger partial charge on any atom is -0.366 e. The monoisotopic (exact) mass is 363 g/mol. The van der Waals surface area contributed by atoms with Gasteiger partial charge in [0.2, 0.25) is 5.95 Å². The topological polar surface area (TPSA) is 77.1 Å². The summed E-state index contributed by atoms with van der Waals surface area (Å²) in [6.07, 6.45) is 7.69. The Balaban J connectivity index is 1.33. The zero-order chi connectivity index (χ0) is 16.8. The molecule has 4 heterocycles. The highest BCUT2D eigenvalue weighted by Gasteiger charge is 2.38. The predicted octanol–water partition coefficient (Wildman–Crippen LogP) is 1.13. The first-order valence-electron chi connectivity index (χ1n) is 9.54. The predicted molar refractivity (Wildman–Crippen MR) is 98.9 cm³/mol. The van der Waals surface area contributed by atoms with Crippen molar-refractivity contribution in [1.29, 1.82) is 0 Å². The molecule has 3 saturated heterocycles. The van der Waals surface area contributed by atoms with Crippen LogP contribution in [0.15, 0.2) is 6.20 Å². The van der Waals surface area contributed by atoms with Gasteiger partial charge < -0.3 is 15.5 Å². The smallest absolute Gasteiger partial charge is 0.227 e. The summed E-state index contributed by atoms with van der Waals surface area (Å²) in [5, 5.41) is 7.74. The summed E-state index contributed by atoms with van der Waals surface area (Å²) in [7, 11) is 0. The summed E-state index contributed by atoms with van der Waals surface area (Å²) in [6.45, 7) is 3.10. The Morgan fingerprint density at radius 3 is 2.80 bits per heavy atom. The molecule has 4 N–H and O–H groups in total. The van der Waals surface area contributed by atoms with Crippen LogP contribution < -0.4 is 26.4 Å². The number of rotatable bonds is 3. The van der Waals surface area contributed by atoms with E-state index in [2.05, 4.69) is 31.4 Å². The Morgan fingerprint density at radius 1 is 1.12 bits per heavy atom. The molecular weight excluding hydrogens is 338 g/mol. The molecule has 0 radical (unpaired) electrons. The van der Waals surface area contributed by atoms with Gasteiger partial charge in [-0.2, -0.15) is 4.98 Å². The van der Waals surface area contributed by atoms with E-state index in [1.807, 2.05) is 0 Å². The fraction of sp³-hybridized carbons (Fsp3) is 0.765. The van der Waals surface area contributed by atoms with E-state index in [1.165, 1.54) is 19.3 Å². The van der Waals surface area contributed by atoms with E-state index in [0.717, 1.165) is 44.2 Å². The largest absolute Gasteiger partial charge is 0.366 e. The molecule has 1 aromatic heterocycles. The zero-order valence-corrected chi connectivity index (χ0v) is 15.1. The van der Waals surface area contributed by atoms with Crippen LogP contribution in [0.3, 0.4) is 0 Å². The number of nitrogens with zero attached hydrogens (tertiary/aromatic N) is 3. The van der Waals surface area contributed by atoms with Crippen molar-refractivity contribution in [2.24, 2.45) is 5.92 Å². The molecule has 5 unspecified atom stereocenters. The minimum atomic E-state index is 0.433.